The van der Waals surface area contributed by atoms with Crippen LogP contribution in [0.25, 0.3) is 0 Å². The number of aliphatic hydroxyl groups is 1. The van der Waals surface area contributed by atoms with Crippen molar-refractivity contribution in [3.63, 3.8) is 0 Å². The zero-order valence-corrected chi connectivity index (χ0v) is 11.4. The van der Waals surface area contributed by atoms with Gasteiger partial charge in [-0.15, -0.1) is 0 Å². The van der Waals surface area contributed by atoms with E-state index >= 15 is 0 Å². The van der Waals surface area contributed by atoms with Crippen LogP contribution in [0.5, 0.6) is 0 Å². The molecule has 17 heavy (non-hydrogen) atoms. The molecule has 2 atom stereocenters. The summed E-state index contributed by atoms with van der Waals surface area (Å²) in [5.74, 6) is 2.95. The highest BCUT2D eigenvalue weighted by molar-refractivity contribution is 7.99. The van der Waals surface area contributed by atoms with Gasteiger partial charge >= 0.3 is 0 Å². The van der Waals surface area contributed by atoms with Crippen molar-refractivity contribution < 1.29 is 5.11 Å². The fourth-order valence-electron chi connectivity index (χ4n) is 2.23. The van der Waals surface area contributed by atoms with Crippen LogP contribution in [0.1, 0.15) is 25.3 Å². The van der Waals surface area contributed by atoms with Gasteiger partial charge in [-0.3, -0.25) is 4.90 Å². The fourth-order valence-corrected chi connectivity index (χ4v) is 3.49. The van der Waals surface area contributed by atoms with E-state index in [1.165, 1.54) is 0 Å². The van der Waals surface area contributed by atoms with Gasteiger partial charge < -0.3 is 9.67 Å². The number of imidazole rings is 1. The van der Waals surface area contributed by atoms with Gasteiger partial charge in [-0.2, -0.15) is 11.8 Å². The van der Waals surface area contributed by atoms with E-state index in [0.29, 0.717) is 0 Å². The Hall–Kier alpha value is -0.520. The van der Waals surface area contributed by atoms with Crippen LogP contribution in [0.3, 0.4) is 0 Å². The molecule has 2 rings (SSSR count). The van der Waals surface area contributed by atoms with E-state index in [1.54, 1.807) is 6.20 Å². The van der Waals surface area contributed by atoms with Crippen molar-refractivity contribution >= 4 is 11.8 Å². The van der Waals surface area contributed by atoms with Crippen LogP contribution in [0.2, 0.25) is 0 Å². The Morgan fingerprint density at radius 2 is 2.47 bits per heavy atom. The summed E-state index contributed by atoms with van der Waals surface area (Å²) in [6.45, 7) is 4.11. The molecule has 2 unspecified atom stereocenters. The van der Waals surface area contributed by atoms with Gasteiger partial charge in [0.25, 0.3) is 0 Å². The van der Waals surface area contributed by atoms with Crippen LogP contribution in [0.4, 0.5) is 0 Å². The molecule has 0 saturated carbocycles. The maximum atomic E-state index is 10.5. The van der Waals surface area contributed by atoms with Gasteiger partial charge in [0.2, 0.25) is 0 Å². The summed E-state index contributed by atoms with van der Waals surface area (Å²) in [5.41, 5.74) is 0. The predicted molar refractivity (Wildman–Crippen MR) is 71.2 cm³/mol. The standard InChI is InChI=1S/C12H21N3OS/c1-3-5-15-6-4-13-12(15)11(16)10-9-17-8-7-14(10)2/h4,6,10-11,16H,3,5,7-9H2,1-2H3. The Morgan fingerprint density at radius 3 is 3.18 bits per heavy atom. The molecule has 96 valence electrons. The summed E-state index contributed by atoms with van der Waals surface area (Å²) in [4.78, 5) is 6.56. The Morgan fingerprint density at radius 1 is 1.65 bits per heavy atom. The van der Waals surface area contributed by atoms with Crippen LogP contribution in [0.15, 0.2) is 12.4 Å². The lowest BCUT2D eigenvalue weighted by Crippen LogP contribution is -2.44. The number of nitrogens with zero attached hydrogens (tertiary/aromatic N) is 3. The van der Waals surface area contributed by atoms with Gasteiger partial charge in [-0.1, -0.05) is 6.92 Å². The number of rotatable bonds is 4. The van der Waals surface area contributed by atoms with Crippen molar-refractivity contribution in [2.24, 2.45) is 0 Å². The lowest BCUT2D eigenvalue weighted by molar-refractivity contribution is 0.0663. The molecular formula is C12H21N3OS. The first-order valence-electron chi connectivity index (χ1n) is 6.21. The van der Waals surface area contributed by atoms with Crippen LogP contribution in [-0.2, 0) is 6.54 Å². The predicted octanol–water partition coefficient (Wildman–Crippen LogP) is 1.37. The van der Waals surface area contributed by atoms with E-state index in [1.807, 2.05) is 18.0 Å². The van der Waals surface area contributed by atoms with E-state index in [9.17, 15) is 5.11 Å². The van der Waals surface area contributed by atoms with E-state index in [-0.39, 0.29) is 6.04 Å². The molecule has 1 fully saturated rings. The zero-order valence-electron chi connectivity index (χ0n) is 10.5. The van der Waals surface area contributed by atoms with Crippen LogP contribution in [0, 0.1) is 0 Å². The molecule has 0 spiro atoms. The van der Waals surface area contributed by atoms with Crippen molar-refractivity contribution in [2.45, 2.75) is 32.0 Å². The topological polar surface area (TPSA) is 41.3 Å². The molecule has 1 aliphatic heterocycles. The summed E-state index contributed by atoms with van der Waals surface area (Å²) < 4.78 is 2.07. The lowest BCUT2D eigenvalue weighted by atomic mass is 10.1. The second-order valence-electron chi connectivity index (χ2n) is 4.55. The largest absolute Gasteiger partial charge is 0.383 e. The molecule has 0 radical (unpaired) electrons. The number of aryl methyl sites for hydroxylation is 1. The molecule has 1 aromatic heterocycles. The van der Waals surface area contributed by atoms with E-state index in [2.05, 4.69) is 28.4 Å². The molecule has 2 heterocycles. The third kappa shape index (κ3) is 2.84. The summed E-state index contributed by atoms with van der Waals surface area (Å²) in [7, 11) is 2.08. The molecule has 1 aliphatic rings. The molecule has 1 saturated heterocycles. The van der Waals surface area contributed by atoms with Crippen molar-refractivity contribution in [2.75, 3.05) is 25.1 Å². The first kappa shape index (κ1) is 12.9. The SMILES string of the molecule is CCCn1ccnc1C(O)C1CSCCN1C. The van der Waals surface area contributed by atoms with Gasteiger partial charge in [0, 0.05) is 37.0 Å². The Labute approximate surface area is 107 Å². The minimum atomic E-state index is -0.477. The van der Waals surface area contributed by atoms with Crippen LogP contribution >= 0.6 is 11.8 Å². The second kappa shape index (κ2) is 5.89. The first-order chi connectivity index (χ1) is 8.24. The van der Waals surface area contributed by atoms with Crippen LogP contribution in [-0.4, -0.2) is 50.7 Å². The van der Waals surface area contributed by atoms with Crippen molar-refractivity contribution in [1.82, 2.24) is 14.5 Å². The summed E-state index contributed by atoms with van der Waals surface area (Å²) in [6, 6.07) is 0.187. The molecule has 1 aromatic rings. The third-order valence-corrected chi connectivity index (χ3v) is 4.33. The molecule has 0 bridgehead atoms. The van der Waals surface area contributed by atoms with Gasteiger partial charge in [0.05, 0.1) is 6.04 Å². The van der Waals surface area contributed by atoms with Gasteiger partial charge in [-0.05, 0) is 13.5 Å². The average molecular weight is 255 g/mol. The monoisotopic (exact) mass is 255 g/mol. The summed E-state index contributed by atoms with van der Waals surface area (Å²) in [6.07, 6.45) is 4.32. The number of thioether (sulfide) groups is 1. The number of hydrogen-bond donors (Lipinski definition) is 1. The molecular weight excluding hydrogens is 234 g/mol. The molecule has 0 aliphatic carbocycles. The quantitative estimate of drug-likeness (QED) is 0.882. The number of hydrogen-bond acceptors (Lipinski definition) is 4. The second-order valence-corrected chi connectivity index (χ2v) is 5.70. The Kier molecular flexibility index (Phi) is 4.48. The smallest absolute Gasteiger partial charge is 0.139 e. The number of likely N-dealkylation sites (N-methyl/N-ethyl adjacent to an activating group) is 1. The van der Waals surface area contributed by atoms with E-state index in [0.717, 1.165) is 36.8 Å². The summed E-state index contributed by atoms with van der Waals surface area (Å²) in [5, 5.41) is 10.5. The molecule has 0 aromatic carbocycles. The van der Waals surface area contributed by atoms with Gasteiger partial charge in [0.15, 0.2) is 0 Å². The normalized spacial score (nSPS) is 23.8. The number of aromatic nitrogens is 2. The first-order valence-corrected chi connectivity index (χ1v) is 7.36. The van der Waals surface area contributed by atoms with Crippen molar-refractivity contribution in [3.05, 3.63) is 18.2 Å². The highest BCUT2D eigenvalue weighted by atomic mass is 32.2. The minimum Gasteiger partial charge on any atom is -0.383 e. The highest BCUT2D eigenvalue weighted by Gasteiger charge is 2.30. The van der Waals surface area contributed by atoms with E-state index < -0.39 is 6.10 Å². The fraction of sp³-hybridized carbons (Fsp3) is 0.750. The maximum Gasteiger partial charge on any atom is 0.139 e. The number of aliphatic hydroxyl groups excluding tert-OH is 1. The molecule has 5 heteroatoms. The van der Waals surface area contributed by atoms with E-state index in [4.69, 9.17) is 0 Å². The molecule has 0 amide bonds. The van der Waals surface area contributed by atoms with Crippen molar-refractivity contribution in [3.8, 4) is 0 Å². The minimum absolute atomic E-state index is 0.187. The lowest BCUT2D eigenvalue weighted by Gasteiger charge is -2.35. The summed E-state index contributed by atoms with van der Waals surface area (Å²) >= 11 is 1.91. The average Bonchev–Trinajstić information content (AvgIpc) is 2.78. The van der Waals surface area contributed by atoms with Gasteiger partial charge in [-0.25, -0.2) is 4.98 Å². The molecule has 4 nitrogen and oxygen atoms in total. The van der Waals surface area contributed by atoms with Crippen LogP contribution < -0.4 is 0 Å². The maximum absolute atomic E-state index is 10.5. The Balaban J connectivity index is 2.11. The zero-order chi connectivity index (χ0) is 12.3. The van der Waals surface area contributed by atoms with Gasteiger partial charge in [0.1, 0.15) is 11.9 Å². The Bertz CT molecular complexity index is 355. The van der Waals surface area contributed by atoms with Crippen molar-refractivity contribution in [1.29, 1.82) is 0 Å². The highest BCUT2D eigenvalue weighted by Crippen LogP contribution is 2.25. The molecule has 1 N–H and O–H groups in total. The third-order valence-electron chi connectivity index (χ3n) is 3.28.